The molecule has 0 radical (unpaired) electrons. The molecule has 2 fully saturated rings. The smallest absolute Gasteiger partial charge is 0.270 e. The van der Waals surface area contributed by atoms with Gasteiger partial charge in [-0.05, 0) is 37.7 Å². The quantitative estimate of drug-likeness (QED) is 0.849. The summed E-state index contributed by atoms with van der Waals surface area (Å²) in [6.07, 6.45) is 6.48. The van der Waals surface area contributed by atoms with Crippen molar-refractivity contribution in [3.05, 3.63) is 48.5 Å². The SMILES string of the molecule is CN1CC(COc2cccnc2)CC12CN(C(=O)c1cccn1C)C2. The first-order valence-electron chi connectivity index (χ1n) is 8.72. The molecule has 2 aliphatic rings. The van der Waals surface area contributed by atoms with Gasteiger partial charge in [-0.15, -0.1) is 0 Å². The van der Waals surface area contributed by atoms with E-state index in [1.165, 1.54) is 0 Å². The zero-order chi connectivity index (χ0) is 17.4. The lowest BCUT2D eigenvalue weighted by Gasteiger charge is -2.51. The van der Waals surface area contributed by atoms with Crippen LogP contribution in [0.5, 0.6) is 5.75 Å². The Bertz CT molecular complexity index is 752. The molecule has 25 heavy (non-hydrogen) atoms. The first-order chi connectivity index (χ1) is 12.1. The van der Waals surface area contributed by atoms with Gasteiger partial charge in [0.25, 0.3) is 5.91 Å². The van der Waals surface area contributed by atoms with E-state index in [9.17, 15) is 4.79 Å². The zero-order valence-electron chi connectivity index (χ0n) is 14.8. The van der Waals surface area contributed by atoms with Gasteiger partial charge in [-0.2, -0.15) is 0 Å². The minimum Gasteiger partial charge on any atom is -0.492 e. The van der Waals surface area contributed by atoms with Gasteiger partial charge in [0, 0.05) is 45.0 Å². The van der Waals surface area contributed by atoms with Gasteiger partial charge in [-0.25, -0.2) is 0 Å². The molecule has 6 nitrogen and oxygen atoms in total. The van der Waals surface area contributed by atoms with Crippen LogP contribution in [-0.2, 0) is 7.05 Å². The maximum Gasteiger partial charge on any atom is 0.270 e. The third kappa shape index (κ3) is 2.91. The van der Waals surface area contributed by atoms with Gasteiger partial charge in [0.15, 0.2) is 0 Å². The highest BCUT2D eigenvalue weighted by molar-refractivity contribution is 5.93. The van der Waals surface area contributed by atoms with E-state index in [2.05, 4.69) is 16.9 Å². The summed E-state index contributed by atoms with van der Waals surface area (Å²) in [6, 6.07) is 7.62. The van der Waals surface area contributed by atoms with E-state index in [0.29, 0.717) is 12.5 Å². The standard InChI is InChI=1S/C19H24N4O2/c1-21-8-4-6-17(21)18(24)23-13-19(14-23)9-15(11-22(19)2)12-25-16-5-3-7-20-10-16/h3-8,10,15H,9,11-14H2,1-2H3. The molecule has 1 unspecified atom stereocenters. The van der Waals surface area contributed by atoms with E-state index in [0.717, 1.165) is 37.5 Å². The molecule has 2 aromatic heterocycles. The minimum atomic E-state index is 0.115. The lowest BCUT2D eigenvalue weighted by Crippen LogP contribution is -2.68. The maximum absolute atomic E-state index is 12.6. The molecular weight excluding hydrogens is 316 g/mol. The Kier molecular flexibility index (Phi) is 4.00. The molecule has 0 saturated carbocycles. The second-order valence-electron chi connectivity index (χ2n) is 7.34. The summed E-state index contributed by atoms with van der Waals surface area (Å²) in [5, 5.41) is 0. The summed E-state index contributed by atoms with van der Waals surface area (Å²) in [6.45, 7) is 3.31. The van der Waals surface area contributed by atoms with Crippen LogP contribution in [0.2, 0.25) is 0 Å². The van der Waals surface area contributed by atoms with Gasteiger partial charge in [0.2, 0.25) is 0 Å². The summed E-state index contributed by atoms with van der Waals surface area (Å²) >= 11 is 0. The van der Waals surface area contributed by atoms with Crippen LogP contribution in [0.4, 0.5) is 0 Å². The average molecular weight is 340 g/mol. The Hall–Kier alpha value is -2.34. The van der Waals surface area contributed by atoms with Gasteiger partial charge in [-0.1, -0.05) is 0 Å². The van der Waals surface area contributed by atoms with E-state index >= 15 is 0 Å². The number of rotatable bonds is 4. The van der Waals surface area contributed by atoms with Crippen LogP contribution >= 0.6 is 0 Å². The van der Waals surface area contributed by atoms with Crippen LogP contribution in [0.25, 0.3) is 0 Å². The Labute approximate surface area is 148 Å². The highest BCUT2D eigenvalue weighted by Crippen LogP contribution is 2.40. The molecule has 0 bridgehead atoms. The minimum absolute atomic E-state index is 0.115. The maximum atomic E-state index is 12.6. The van der Waals surface area contributed by atoms with Crippen molar-refractivity contribution in [1.82, 2.24) is 19.4 Å². The van der Waals surface area contributed by atoms with Crippen LogP contribution in [0.15, 0.2) is 42.9 Å². The van der Waals surface area contributed by atoms with Crippen LogP contribution in [0, 0.1) is 5.92 Å². The second-order valence-corrected chi connectivity index (χ2v) is 7.34. The van der Waals surface area contributed by atoms with Crippen LogP contribution in [0.1, 0.15) is 16.9 Å². The molecule has 132 valence electrons. The predicted octanol–water partition coefficient (Wildman–Crippen LogP) is 1.65. The second kappa shape index (κ2) is 6.19. The molecule has 2 saturated heterocycles. The molecule has 0 N–H and O–H groups in total. The van der Waals surface area contributed by atoms with E-state index in [1.807, 2.05) is 47.0 Å². The zero-order valence-corrected chi connectivity index (χ0v) is 14.8. The van der Waals surface area contributed by atoms with Crippen molar-refractivity contribution in [1.29, 1.82) is 0 Å². The summed E-state index contributed by atoms with van der Waals surface area (Å²) in [7, 11) is 4.07. The van der Waals surface area contributed by atoms with Gasteiger partial charge in [0.1, 0.15) is 11.4 Å². The molecule has 4 heterocycles. The number of carbonyl (C=O) groups is 1. The molecule has 6 heteroatoms. The van der Waals surface area contributed by atoms with E-state index < -0.39 is 0 Å². The Morgan fingerprint density at radius 1 is 1.32 bits per heavy atom. The number of carbonyl (C=O) groups excluding carboxylic acids is 1. The predicted molar refractivity (Wildman–Crippen MR) is 94.5 cm³/mol. The summed E-state index contributed by atoms with van der Waals surface area (Å²) in [4.78, 5) is 21.0. The first kappa shape index (κ1) is 16.1. The number of aryl methyl sites for hydroxylation is 1. The number of likely N-dealkylation sites (N-methyl/N-ethyl adjacent to an activating group) is 1. The number of amides is 1. The molecule has 1 atom stereocenters. The molecule has 1 amide bonds. The third-order valence-corrected chi connectivity index (χ3v) is 5.55. The van der Waals surface area contributed by atoms with Gasteiger partial charge < -0.3 is 14.2 Å². The monoisotopic (exact) mass is 340 g/mol. The lowest BCUT2D eigenvalue weighted by atomic mass is 9.84. The van der Waals surface area contributed by atoms with Crippen molar-refractivity contribution >= 4 is 5.91 Å². The topological polar surface area (TPSA) is 50.6 Å². The van der Waals surface area contributed by atoms with E-state index in [-0.39, 0.29) is 11.4 Å². The molecule has 2 aromatic rings. The van der Waals surface area contributed by atoms with Crippen LogP contribution in [-0.4, -0.2) is 64.1 Å². The summed E-state index contributed by atoms with van der Waals surface area (Å²) in [5.41, 5.74) is 0.871. The first-order valence-corrected chi connectivity index (χ1v) is 8.72. The Morgan fingerprint density at radius 3 is 2.84 bits per heavy atom. The lowest BCUT2D eigenvalue weighted by molar-refractivity contribution is -0.00828. The third-order valence-electron chi connectivity index (χ3n) is 5.55. The largest absolute Gasteiger partial charge is 0.492 e. The van der Waals surface area contributed by atoms with Crippen molar-refractivity contribution in [2.75, 3.05) is 33.3 Å². The fourth-order valence-electron chi connectivity index (χ4n) is 4.12. The van der Waals surface area contributed by atoms with Crippen molar-refractivity contribution < 1.29 is 9.53 Å². The number of ether oxygens (including phenoxy) is 1. The fraction of sp³-hybridized carbons (Fsp3) is 0.474. The number of aromatic nitrogens is 2. The number of likely N-dealkylation sites (tertiary alicyclic amines) is 2. The molecule has 0 aliphatic carbocycles. The molecule has 1 spiro atoms. The van der Waals surface area contributed by atoms with Crippen molar-refractivity contribution in [2.45, 2.75) is 12.0 Å². The highest BCUT2D eigenvalue weighted by Gasteiger charge is 2.53. The fourth-order valence-corrected chi connectivity index (χ4v) is 4.12. The van der Waals surface area contributed by atoms with E-state index in [1.54, 1.807) is 12.4 Å². The highest BCUT2D eigenvalue weighted by atomic mass is 16.5. The van der Waals surface area contributed by atoms with Crippen LogP contribution < -0.4 is 4.74 Å². The molecule has 0 aromatic carbocycles. The summed E-state index contributed by atoms with van der Waals surface area (Å²) < 4.78 is 7.76. The van der Waals surface area contributed by atoms with Gasteiger partial charge in [-0.3, -0.25) is 14.7 Å². The molecule has 2 aliphatic heterocycles. The number of pyridine rings is 1. The molecule has 4 rings (SSSR count). The van der Waals surface area contributed by atoms with Gasteiger partial charge in [0.05, 0.1) is 18.3 Å². The van der Waals surface area contributed by atoms with Crippen molar-refractivity contribution in [3.8, 4) is 5.75 Å². The number of hydrogen-bond donors (Lipinski definition) is 0. The van der Waals surface area contributed by atoms with Crippen molar-refractivity contribution in [3.63, 3.8) is 0 Å². The van der Waals surface area contributed by atoms with E-state index in [4.69, 9.17) is 4.74 Å². The molecular formula is C19H24N4O2. The Morgan fingerprint density at radius 2 is 2.16 bits per heavy atom. The number of nitrogens with zero attached hydrogens (tertiary/aromatic N) is 4. The number of hydrogen-bond acceptors (Lipinski definition) is 4. The normalized spacial score (nSPS) is 22.2. The Balaban J connectivity index is 1.33. The summed E-state index contributed by atoms with van der Waals surface area (Å²) in [5.74, 6) is 1.43. The van der Waals surface area contributed by atoms with Crippen LogP contribution in [0.3, 0.4) is 0 Å². The average Bonchev–Trinajstić information content (AvgIpc) is 3.15. The van der Waals surface area contributed by atoms with Crippen molar-refractivity contribution in [2.24, 2.45) is 13.0 Å². The van der Waals surface area contributed by atoms with Gasteiger partial charge >= 0.3 is 0 Å².